The Morgan fingerprint density at radius 1 is 1.24 bits per heavy atom. The van der Waals surface area contributed by atoms with Crippen molar-refractivity contribution in [3.05, 3.63) is 29.3 Å². The highest BCUT2D eigenvalue weighted by molar-refractivity contribution is 5.98. The quantitative estimate of drug-likeness (QED) is 0.801. The number of rotatable bonds is 5. The van der Waals surface area contributed by atoms with Crippen molar-refractivity contribution in [2.24, 2.45) is 5.10 Å². The maximum absolute atomic E-state index is 13.3. The van der Waals surface area contributed by atoms with Crippen LogP contribution in [0.2, 0.25) is 0 Å². The van der Waals surface area contributed by atoms with Gasteiger partial charge in [-0.15, -0.1) is 0 Å². The number of nitrogens with one attached hydrogen (secondary N) is 2. The summed E-state index contributed by atoms with van der Waals surface area (Å²) in [6.07, 6.45) is 5.62. The SMILES string of the molecule is CCCC1=NNC2C(=O)N(CC(=O)Nc3ccc(C)cc3C)C3CCCCC3N12. The van der Waals surface area contributed by atoms with Crippen LogP contribution in [0.4, 0.5) is 5.69 Å². The highest BCUT2D eigenvalue weighted by Crippen LogP contribution is 2.35. The Morgan fingerprint density at radius 2 is 2.00 bits per heavy atom. The highest BCUT2D eigenvalue weighted by atomic mass is 16.2. The predicted molar refractivity (Wildman–Crippen MR) is 113 cm³/mol. The van der Waals surface area contributed by atoms with E-state index in [1.807, 2.05) is 32.0 Å². The lowest BCUT2D eigenvalue weighted by Gasteiger charge is -2.51. The van der Waals surface area contributed by atoms with Crippen LogP contribution >= 0.6 is 0 Å². The van der Waals surface area contributed by atoms with E-state index in [4.69, 9.17) is 0 Å². The molecule has 2 N–H and O–H groups in total. The number of carbonyl (C=O) groups is 2. The van der Waals surface area contributed by atoms with Crippen molar-refractivity contribution in [2.75, 3.05) is 11.9 Å². The van der Waals surface area contributed by atoms with Gasteiger partial charge in [-0.3, -0.25) is 15.0 Å². The van der Waals surface area contributed by atoms with E-state index < -0.39 is 6.17 Å². The molecule has 0 aromatic heterocycles. The van der Waals surface area contributed by atoms with Crippen molar-refractivity contribution < 1.29 is 9.59 Å². The van der Waals surface area contributed by atoms with E-state index in [1.54, 1.807) is 4.90 Å². The van der Waals surface area contributed by atoms with Crippen molar-refractivity contribution in [2.45, 2.75) is 77.5 Å². The Hall–Kier alpha value is -2.57. The Balaban J connectivity index is 1.51. The molecule has 4 rings (SSSR count). The molecule has 1 aromatic rings. The molecule has 1 aromatic carbocycles. The van der Waals surface area contributed by atoms with Gasteiger partial charge in [0.05, 0.1) is 12.1 Å². The first kappa shape index (κ1) is 19.7. The average molecular weight is 398 g/mol. The molecular weight excluding hydrogens is 366 g/mol. The van der Waals surface area contributed by atoms with Crippen LogP contribution < -0.4 is 10.7 Å². The van der Waals surface area contributed by atoms with E-state index in [9.17, 15) is 9.59 Å². The maximum Gasteiger partial charge on any atom is 0.268 e. The number of fused-ring (bicyclic) bond motifs is 3. The molecule has 0 spiro atoms. The van der Waals surface area contributed by atoms with Crippen molar-refractivity contribution in [1.82, 2.24) is 15.2 Å². The minimum Gasteiger partial charge on any atom is -0.325 e. The second kappa shape index (κ2) is 8.05. The van der Waals surface area contributed by atoms with E-state index >= 15 is 0 Å². The molecule has 3 atom stereocenters. The molecule has 7 nitrogen and oxygen atoms in total. The summed E-state index contributed by atoms with van der Waals surface area (Å²) >= 11 is 0. The topological polar surface area (TPSA) is 77.0 Å². The number of aryl methyl sites for hydroxylation is 2. The van der Waals surface area contributed by atoms with Gasteiger partial charge in [-0.2, -0.15) is 5.10 Å². The van der Waals surface area contributed by atoms with Gasteiger partial charge in [0.1, 0.15) is 12.4 Å². The van der Waals surface area contributed by atoms with Gasteiger partial charge in [-0.05, 0) is 44.7 Å². The molecule has 0 bridgehead atoms. The molecule has 1 aliphatic carbocycles. The van der Waals surface area contributed by atoms with Crippen LogP contribution in [0.15, 0.2) is 23.3 Å². The van der Waals surface area contributed by atoms with Crippen LogP contribution in [-0.2, 0) is 9.59 Å². The molecule has 2 amide bonds. The normalized spacial score (nSPS) is 25.8. The van der Waals surface area contributed by atoms with E-state index in [1.165, 1.54) is 0 Å². The third-order valence-corrected chi connectivity index (χ3v) is 6.30. The molecular formula is C22H31N5O2. The molecule has 1 saturated carbocycles. The van der Waals surface area contributed by atoms with Crippen molar-refractivity contribution in [1.29, 1.82) is 0 Å². The minimum atomic E-state index is -0.468. The number of benzene rings is 1. The average Bonchev–Trinajstić information content (AvgIpc) is 3.12. The van der Waals surface area contributed by atoms with Crippen LogP contribution in [0.25, 0.3) is 0 Å². The molecule has 3 aliphatic rings. The molecule has 3 unspecified atom stereocenters. The summed E-state index contributed by atoms with van der Waals surface area (Å²) < 4.78 is 0. The number of hydrogen-bond donors (Lipinski definition) is 2. The predicted octanol–water partition coefficient (Wildman–Crippen LogP) is 2.74. The number of amides is 2. The highest BCUT2D eigenvalue weighted by Gasteiger charge is 2.50. The van der Waals surface area contributed by atoms with Gasteiger partial charge in [-0.25, -0.2) is 0 Å². The smallest absolute Gasteiger partial charge is 0.268 e. The van der Waals surface area contributed by atoms with Crippen molar-refractivity contribution >= 4 is 23.3 Å². The molecule has 2 aliphatic heterocycles. The Bertz CT molecular complexity index is 836. The van der Waals surface area contributed by atoms with Gasteiger partial charge in [-0.1, -0.05) is 37.5 Å². The lowest BCUT2D eigenvalue weighted by molar-refractivity contribution is -0.151. The number of carbonyl (C=O) groups excluding carboxylic acids is 2. The Labute approximate surface area is 172 Å². The van der Waals surface area contributed by atoms with Gasteiger partial charge in [0, 0.05) is 12.1 Å². The van der Waals surface area contributed by atoms with Crippen LogP contribution in [0, 0.1) is 13.8 Å². The lowest BCUT2D eigenvalue weighted by Crippen LogP contribution is -2.69. The fraction of sp³-hybridized carbons (Fsp3) is 0.591. The zero-order valence-corrected chi connectivity index (χ0v) is 17.6. The van der Waals surface area contributed by atoms with Gasteiger partial charge in [0.25, 0.3) is 5.91 Å². The second-order valence-corrected chi connectivity index (χ2v) is 8.47. The number of amidine groups is 1. The summed E-state index contributed by atoms with van der Waals surface area (Å²) in [6.45, 7) is 6.23. The number of piperazine rings is 1. The van der Waals surface area contributed by atoms with Gasteiger partial charge in [0.2, 0.25) is 5.91 Å². The van der Waals surface area contributed by atoms with Crippen LogP contribution in [-0.4, -0.2) is 52.2 Å². The fourth-order valence-electron chi connectivity index (χ4n) is 4.96. The minimum absolute atomic E-state index is 0.0428. The summed E-state index contributed by atoms with van der Waals surface area (Å²) in [7, 11) is 0. The third-order valence-electron chi connectivity index (χ3n) is 6.30. The van der Waals surface area contributed by atoms with E-state index in [0.29, 0.717) is 0 Å². The fourth-order valence-corrected chi connectivity index (χ4v) is 4.96. The van der Waals surface area contributed by atoms with Crippen LogP contribution in [0.1, 0.15) is 56.6 Å². The van der Waals surface area contributed by atoms with E-state index in [2.05, 4.69) is 27.7 Å². The molecule has 1 saturated heterocycles. The van der Waals surface area contributed by atoms with E-state index in [0.717, 1.165) is 61.2 Å². The number of nitrogens with zero attached hydrogens (tertiary/aromatic N) is 3. The molecule has 7 heteroatoms. The lowest BCUT2D eigenvalue weighted by atomic mass is 9.85. The van der Waals surface area contributed by atoms with Gasteiger partial charge in [0.15, 0.2) is 6.17 Å². The first-order valence-corrected chi connectivity index (χ1v) is 10.8. The first-order chi connectivity index (χ1) is 14.0. The maximum atomic E-state index is 13.3. The summed E-state index contributed by atoms with van der Waals surface area (Å²) in [6, 6.07) is 6.26. The largest absolute Gasteiger partial charge is 0.325 e. The van der Waals surface area contributed by atoms with Crippen LogP contribution in [0.3, 0.4) is 0 Å². The number of hydrazone groups is 1. The number of hydrogen-bond acceptors (Lipinski definition) is 5. The third kappa shape index (κ3) is 3.70. The first-order valence-electron chi connectivity index (χ1n) is 10.8. The molecule has 156 valence electrons. The van der Waals surface area contributed by atoms with Crippen molar-refractivity contribution in [3.63, 3.8) is 0 Å². The molecule has 2 heterocycles. The second-order valence-electron chi connectivity index (χ2n) is 8.47. The van der Waals surface area contributed by atoms with Gasteiger partial charge >= 0.3 is 0 Å². The van der Waals surface area contributed by atoms with E-state index in [-0.39, 0.29) is 30.4 Å². The number of anilines is 1. The summed E-state index contributed by atoms with van der Waals surface area (Å²) in [4.78, 5) is 30.1. The summed E-state index contributed by atoms with van der Waals surface area (Å²) in [5.74, 6) is 0.802. The monoisotopic (exact) mass is 397 g/mol. The molecule has 29 heavy (non-hydrogen) atoms. The van der Waals surface area contributed by atoms with Crippen LogP contribution in [0.5, 0.6) is 0 Å². The van der Waals surface area contributed by atoms with Gasteiger partial charge < -0.3 is 15.1 Å². The molecule has 2 fully saturated rings. The summed E-state index contributed by atoms with van der Waals surface area (Å²) in [5.41, 5.74) is 6.03. The zero-order valence-electron chi connectivity index (χ0n) is 17.6. The Morgan fingerprint density at radius 3 is 2.72 bits per heavy atom. The Kier molecular flexibility index (Phi) is 5.48. The van der Waals surface area contributed by atoms with Crippen molar-refractivity contribution in [3.8, 4) is 0 Å². The zero-order chi connectivity index (χ0) is 20.5. The molecule has 0 radical (unpaired) electrons. The summed E-state index contributed by atoms with van der Waals surface area (Å²) in [5, 5.41) is 7.45. The standard InChI is InChI=1S/C22H31N5O2/c1-4-7-19-24-25-21-22(29)26(17-8-5-6-9-18(17)27(19)21)13-20(28)23-16-11-10-14(2)12-15(16)3/h10-12,17-18,21,25H,4-9,13H2,1-3H3,(H,23,28).